The SMILES string of the molecule is Cn1c(=O)n(Cc2ccc(C#N)cc2)c(=O)c2cc(C(=O)OCc3ccccc3)sc21. The molecule has 154 valence electrons. The molecule has 31 heavy (non-hydrogen) atoms. The third kappa shape index (κ3) is 4.04. The van der Waals surface area contributed by atoms with E-state index in [-0.39, 0.29) is 23.4 Å². The Kier molecular flexibility index (Phi) is 5.52. The molecule has 0 spiro atoms. The summed E-state index contributed by atoms with van der Waals surface area (Å²) in [7, 11) is 1.56. The van der Waals surface area contributed by atoms with Crippen molar-refractivity contribution in [1.82, 2.24) is 9.13 Å². The number of esters is 1. The Labute approximate surface area is 181 Å². The summed E-state index contributed by atoms with van der Waals surface area (Å²) < 4.78 is 7.83. The minimum absolute atomic E-state index is 0.0663. The van der Waals surface area contributed by atoms with Crippen molar-refractivity contribution in [2.45, 2.75) is 13.2 Å². The zero-order valence-electron chi connectivity index (χ0n) is 16.6. The largest absolute Gasteiger partial charge is 0.457 e. The number of fused-ring (bicyclic) bond motifs is 1. The lowest BCUT2D eigenvalue weighted by atomic mass is 10.1. The van der Waals surface area contributed by atoms with Gasteiger partial charge in [0.2, 0.25) is 0 Å². The summed E-state index contributed by atoms with van der Waals surface area (Å²) in [6.07, 6.45) is 0. The molecule has 0 bridgehead atoms. The van der Waals surface area contributed by atoms with E-state index in [9.17, 15) is 14.4 Å². The minimum atomic E-state index is -0.546. The predicted molar refractivity (Wildman–Crippen MR) is 117 cm³/mol. The second kappa shape index (κ2) is 8.42. The van der Waals surface area contributed by atoms with Crippen molar-refractivity contribution in [1.29, 1.82) is 5.26 Å². The molecule has 0 aliphatic rings. The van der Waals surface area contributed by atoms with Crippen molar-refractivity contribution in [2.24, 2.45) is 7.05 Å². The Morgan fingerprint density at radius 2 is 1.77 bits per heavy atom. The number of nitrogens with zero attached hydrogens (tertiary/aromatic N) is 3. The van der Waals surface area contributed by atoms with Crippen LogP contribution in [0.5, 0.6) is 0 Å². The number of ether oxygens (including phenoxy) is 1. The van der Waals surface area contributed by atoms with Gasteiger partial charge in [-0.2, -0.15) is 5.26 Å². The number of aryl methyl sites for hydroxylation is 1. The van der Waals surface area contributed by atoms with Gasteiger partial charge < -0.3 is 4.74 Å². The first kappa shape index (κ1) is 20.3. The Morgan fingerprint density at radius 1 is 1.06 bits per heavy atom. The summed E-state index contributed by atoms with van der Waals surface area (Å²) in [4.78, 5) is 39.0. The molecule has 8 heteroatoms. The molecule has 4 aromatic rings. The molecule has 0 saturated carbocycles. The van der Waals surface area contributed by atoms with Crippen LogP contribution in [0.2, 0.25) is 0 Å². The lowest BCUT2D eigenvalue weighted by Crippen LogP contribution is -2.38. The van der Waals surface area contributed by atoms with Crippen LogP contribution in [0.15, 0.2) is 70.3 Å². The maximum atomic E-state index is 13.0. The van der Waals surface area contributed by atoms with Crippen LogP contribution in [0, 0.1) is 11.3 Å². The van der Waals surface area contributed by atoms with Crippen molar-refractivity contribution >= 4 is 27.5 Å². The van der Waals surface area contributed by atoms with Crippen molar-refractivity contribution < 1.29 is 9.53 Å². The number of hydrogen-bond acceptors (Lipinski definition) is 6. The molecule has 0 atom stereocenters. The molecule has 0 fully saturated rings. The highest BCUT2D eigenvalue weighted by atomic mass is 32.1. The van der Waals surface area contributed by atoms with Crippen LogP contribution in [0.3, 0.4) is 0 Å². The molecule has 2 aromatic carbocycles. The summed E-state index contributed by atoms with van der Waals surface area (Å²) in [5.74, 6) is -0.546. The van der Waals surface area contributed by atoms with E-state index in [0.29, 0.717) is 10.4 Å². The average molecular weight is 431 g/mol. The minimum Gasteiger partial charge on any atom is -0.457 e. The average Bonchev–Trinajstić information content (AvgIpc) is 3.26. The fraction of sp³-hybridized carbons (Fsp3) is 0.130. The number of aromatic nitrogens is 2. The van der Waals surface area contributed by atoms with Crippen LogP contribution in [-0.2, 0) is 24.9 Å². The van der Waals surface area contributed by atoms with E-state index in [2.05, 4.69) is 0 Å². The Balaban J connectivity index is 1.66. The molecule has 7 nitrogen and oxygen atoms in total. The van der Waals surface area contributed by atoms with Gasteiger partial charge in [0, 0.05) is 7.05 Å². The standard InChI is InChI=1S/C23H17N3O4S/c1-25-21-18(11-19(31-21)22(28)30-14-17-5-3-2-4-6-17)20(27)26(23(25)29)13-16-9-7-15(12-24)8-10-16/h2-11H,13-14H2,1H3. The molecule has 0 N–H and O–H groups in total. The van der Waals surface area contributed by atoms with E-state index in [1.54, 1.807) is 31.3 Å². The molecule has 2 heterocycles. The third-order valence-corrected chi connectivity index (χ3v) is 6.04. The molecule has 0 unspecified atom stereocenters. The summed E-state index contributed by atoms with van der Waals surface area (Å²) in [6.45, 7) is 0.187. The van der Waals surface area contributed by atoms with Gasteiger partial charge in [0.05, 0.1) is 23.6 Å². The van der Waals surface area contributed by atoms with Crippen molar-refractivity contribution in [2.75, 3.05) is 0 Å². The first-order valence-corrected chi connectivity index (χ1v) is 10.2. The highest BCUT2D eigenvalue weighted by Gasteiger charge is 2.19. The van der Waals surface area contributed by atoms with Gasteiger partial charge in [-0.15, -0.1) is 11.3 Å². The Morgan fingerprint density at radius 3 is 2.45 bits per heavy atom. The topological polar surface area (TPSA) is 94.1 Å². The van der Waals surface area contributed by atoms with E-state index in [1.807, 2.05) is 36.4 Å². The number of rotatable bonds is 5. The zero-order valence-corrected chi connectivity index (χ0v) is 17.4. The third-order valence-electron chi connectivity index (χ3n) is 4.85. The Hall–Kier alpha value is -3.96. The summed E-state index contributed by atoms with van der Waals surface area (Å²) >= 11 is 1.05. The first-order chi connectivity index (χ1) is 15.0. The molecular formula is C23H17N3O4S. The summed E-state index contributed by atoms with van der Waals surface area (Å²) in [6, 6.07) is 19.5. The number of carbonyl (C=O) groups excluding carboxylic acids is 1. The summed E-state index contributed by atoms with van der Waals surface area (Å²) in [5, 5.41) is 9.20. The monoisotopic (exact) mass is 431 g/mol. The van der Waals surface area contributed by atoms with E-state index in [1.165, 1.54) is 10.6 Å². The quantitative estimate of drug-likeness (QED) is 0.453. The molecule has 4 rings (SSSR count). The van der Waals surface area contributed by atoms with Crippen LogP contribution >= 0.6 is 11.3 Å². The van der Waals surface area contributed by atoms with Gasteiger partial charge in [-0.25, -0.2) is 9.59 Å². The number of carbonyl (C=O) groups is 1. The number of benzene rings is 2. The van der Waals surface area contributed by atoms with Crippen LogP contribution in [0.4, 0.5) is 0 Å². The molecule has 0 radical (unpaired) electrons. The predicted octanol–water partition coefficient (Wildman–Crippen LogP) is 3.04. The van der Waals surface area contributed by atoms with Crippen LogP contribution < -0.4 is 11.2 Å². The van der Waals surface area contributed by atoms with E-state index >= 15 is 0 Å². The second-order valence-electron chi connectivity index (χ2n) is 6.93. The fourth-order valence-corrected chi connectivity index (χ4v) is 4.18. The fourth-order valence-electron chi connectivity index (χ4n) is 3.19. The van der Waals surface area contributed by atoms with E-state index < -0.39 is 17.2 Å². The lowest BCUT2D eigenvalue weighted by molar-refractivity contribution is 0.0478. The normalized spacial score (nSPS) is 10.7. The van der Waals surface area contributed by atoms with Gasteiger partial charge in [0.25, 0.3) is 5.56 Å². The number of hydrogen-bond donors (Lipinski definition) is 0. The first-order valence-electron chi connectivity index (χ1n) is 9.41. The zero-order chi connectivity index (χ0) is 22.0. The van der Waals surface area contributed by atoms with Gasteiger partial charge in [-0.1, -0.05) is 42.5 Å². The maximum absolute atomic E-state index is 13.0. The van der Waals surface area contributed by atoms with Crippen LogP contribution in [0.25, 0.3) is 10.2 Å². The number of thiophene rings is 1. The molecule has 0 amide bonds. The Bertz CT molecular complexity index is 1420. The molecule has 0 aliphatic carbocycles. The smallest absolute Gasteiger partial charge is 0.348 e. The van der Waals surface area contributed by atoms with Crippen molar-refractivity contribution in [3.05, 3.63) is 103 Å². The maximum Gasteiger partial charge on any atom is 0.348 e. The van der Waals surface area contributed by atoms with Gasteiger partial charge in [-0.3, -0.25) is 13.9 Å². The van der Waals surface area contributed by atoms with Gasteiger partial charge in [0.1, 0.15) is 16.3 Å². The van der Waals surface area contributed by atoms with E-state index in [4.69, 9.17) is 10.00 Å². The highest BCUT2D eigenvalue weighted by Crippen LogP contribution is 2.23. The molecule has 2 aromatic heterocycles. The molecular weight excluding hydrogens is 414 g/mol. The highest BCUT2D eigenvalue weighted by molar-refractivity contribution is 7.20. The summed E-state index contributed by atoms with van der Waals surface area (Å²) in [5.41, 5.74) is 1.12. The van der Waals surface area contributed by atoms with Crippen molar-refractivity contribution in [3.63, 3.8) is 0 Å². The van der Waals surface area contributed by atoms with Gasteiger partial charge >= 0.3 is 11.7 Å². The molecule has 0 aliphatic heterocycles. The van der Waals surface area contributed by atoms with Gasteiger partial charge in [-0.05, 0) is 29.3 Å². The van der Waals surface area contributed by atoms with Crippen LogP contribution in [0.1, 0.15) is 26.4 Å². The van der Waals surface area contributed by atoms with E-state index in [0.717, 1.165) is 27.0 Å². The number of nitriles is 1. The van der Waals surface area contributed by atoms with Crippen LogP contribution in [-0.4, -0.2) is 15.1 Å². The van der Waals surface area contributed by atoms with Gasteiger partial charge in [0.15, 0.2) is 0 Å². The second-order valence-corrected chi connectivity index (χ2v) is 7.96. The molecule has 0 saturated heterocycles. The van der Waals surface area contributed by atoms with Crippen molar-refractivity contribution in [3.8, 4) is 6.07 Å². The lowest BCUT2D eigenvalue weighted by Gasteiger charge is -2.08.